The highest BCUT2D eigenvalue weighted by molar-refractivity contribution is 5.84. The molecule has 0 aliphatic rings. The van der Waals surface area contributed by atoms with Crippen LogP contribution in [0, 0.1) is 12.7 Å². The summed E-state index contributed by atoms with van der Waals surface area (Å²) in [5, 5.41) is 0.609. The highest BCUT2D eigenvalue weighted by Crippen LogP contribution is 2.23. The van der Waals surface area contributed by atoms with Gasteiger partial charge in [0.2, 0.25) is 0 Å². The topological polar surface area (TPSA) is 30.2 Å². The maximum atomic E-state index is 13.1. The van der Waals surface area contributed by atoms with Gasteiger partial charge in [-0.3, -0.25) is 0 Å². The van der Waals surface area contributed by atoms with Crippen LogP contribution >= 0.6 is 0 Å². The Morgan fingerprint density at radius 2 is 2.12 bits per heavy atom. The van der Waals surface area contributed by atoms with Gasteiger partial charge in [0.15, 0.2) is 0 Å². The van der Waals surface area contributed by atoms with Crippen LogP contribution in [0.2, 0.25) is 0 Å². The van der Waals surface area contributed by atoms with Crippen molar-refractivity contribution < 1.29 is 8.81 Å². The van der Waals surface area contributed by atoms with Gasteiger partial charge in [0.25, 0.3) is 0 Å². The largest absolute Gasteiger partial charge is 0.422 e. The standard InChI is InChI=1S/C13H11FO2/c1-7(2)12-8(3)10-6-9(14)4-5-11(10)16-13(12)15/h4-6H,1H2,2-3H3. The summed E-state index contributed by atoms with van der Waals surface area (Å²) in [4.78, 5) is 11.7. The first kappa shape index (κ1) is 10.6. The molecule has 0 bridgehead atoms. The van der Waals surface area contributed by atoms with E-state index in [4.69, 9.17) is 4.42 Å². The van der Waals surface area contributed by atoms with E-state index in [-0.39, 0.29) is 5.82 Å². The number of fused-ring (bicyclic) bond motifs is 1. The summed E-state index contributed by atoms with van der Waals surface area (Å²) >= 11 is 0. The number of aryl methyl sites for hydroxylation is 1. The predicted octanol–water partition coefficient (Wildman–Crippen LogP) is 3.27. The Bertz CT molecular complexity index is 638. The monoisotopic (exact) mass is 218 g/mol. The van der Waals surface area contributed by atoms with Crippen molar-refractivity contribution in [2.45, 2.75) is 13.8 Å². The van der Waals surface area contributed by atoms with Gasteiger partial charge in [0, 0.05) is 5.39 Å². The van der Waals surface area contributed by atoms with Crippen molar-refractivity contribution >= 4 is 16.5 Å². The third kappa shape index (κ3) is 1.54. The number of rotatable bonds is 1. The third-order valence-corrected chi connectivity index (χ3v) is 2.55. The molecule has 3 heteroatoms. The molecule has 0 aliphatic heterocycles. The SMILES string of the molecule is C=C(C)c1c(C)c2cc(F)ccc2oc1=O. The second kappa shape index (κ2) is 3.59. The number of benzene rings is 1. The molecule has 2 nitrogen and oxygen atoms in total. The van der Waals surface area contributed by atoms with Crippen LogP contribution in [0.4, 0.5) is 4.39 Å². The van der Waals surface area contributed by atoms with Gasteiger partial charge < -0.3 is 4.42 Å². The maximum Gasteiger partial charge on any atom is 0.344 e. The average molecular weight is 218 g/mol. The Balaban J connectivity index is 2.96. The Morgan fingerprint density at radius 3 is 2.75 bits per heavy atom. The molecular weight excluding hydrogens is 207 g/mol. The normalized spacial score (nSPS) is 10.7. The lowest BCUT2D eigenvalue weighted by Crippen LogP contribution is -2.08. The smallest absolute Gasteiger partial charge is 0.344 e. The van der Waals surface area contributed by atoms with Crippen LogP contribution in [-0.2, 0) is 0 Å². The first-order chi connectivity index (χ1) is 7.50. The minimum atomic E-state index is -0.427. The second-order valence-corrected chi connectivity index (χ2v) is 3.81. The zero-order valence-corrected chi connectivity index (χ0v) is 9.13. The highest BCUT2D eigenvalue weighted by atomic mass is 19.1. The van der Waals surface area contributed by atoms with E-state index in [0.717, 1.165) is 0 Å². The van der Waals surface area contributed by atoms with E-state index in [9.17, 15) is 9.18 Å². The van der Waals surface area contributed by atoms with E-state index < -0.39 is 5.63 Å². The molecule has 1 aromatic heterocycles. The summed E-state index contributed by atoms with van der Waals surface area (Å²) in [6, 6.07) is 4.09. The van der Waals surface area contributed by atoms with Crippen LogP contribution in [0.3, 0.4) is 0 Å². The fourth-order valence-corrected chi connectivity index (χ4v) is 1.82. The Labute approximate surface area is 92.0 Å². The van der Waals surface area contributed by atoms with E-state index >= 15 is 0 Å². The summed E-state index contributed by atoms with van der Waals surface area (Å²) in [5.41, 5.74) is 1.73. The van der Waals surface area contributed by atoms with Crippen LogP contribution in [0.15, 0.2) is 34.0 Å². The molecule has 16 heavy (non-hydrogen) atoms. The van der Waals surface area contributed by atoms with Gasteiger partial charge in [-0.25, -0.2) is 9.18 Å². The van der Waals surface area contributed by atoms with Crippen molar-refractivity contribution in [2.24, 2.45) is 0 Å². The molecule has 1 aromatic carbocycles. The van der Waals surface area contributed by atoms with Crippen LogP contribution in [-0.4, -0.2) is 0 Å². The molecule has 2 aromatic rings. The van der Waals surface area contributed by atoms with Crippen molar-refractivity contribution in [3.63, 3.8) is 0 Å². The van der Waals surface area contributed by atoms with Crippen LogP contribution < -0.4 is 5.63 Å². The van der Waals surface area contributed by atoms with E-state index in [2.05, 4.69) is 6.58 Å². The van der Waals surface area contributed by atoms with Crippen LogP contribution in [0.5, 0.6) is 0 Å². The molecule has 1 heterocycles. The molecule has 0 spiro atoms. The van der Waals surface area contributed by atoms with Gasteiger partial charge in [0.1, 0.15) is 11.4 Å². The van der Waals surface area contributed by atoms with Gasteiger partial charge >= 0.3 is 5.63 Å². The molecule has 0 radical (unpaired) electrons. The lowest BCUT2D eigenvalue weighted by molar-refractivity contribution is 0.555. The lowest BCUT2D eigenvalue weighted by atomic mass is 10.0. The lowest BCUT2D eigenvalue weighted by Gasteiger charge is -2.06. The molecule has 0 unspecified atom stereocenters. The molecule has 0 saturated carbocycles. The van der Waals surface area contributed by atoms with Crippen LogP contribution in [0.1, 0.15) is 18.1 Å². The summed E-state index contributed by atoms with van der Waals surface area (Å²) in [7, 11) is 0. The van der Waals surface area contributed by atoms with Crippen molar-refractivity contribution in [1.29, 1.82) is 0 Å². The molecule has 0 aliphatic carbocycles. The summed E-state index contributed by atoms with van der Waals surface area (Å²) in [5.74, 6) is -0.350. The minimum absolute atomic E-state index is 0.350. The molecule has 0 N–H and O–H groups in total. The van der Waals surface area contributed by atoms with Crippen molar-refractivity contribution in [3.05, 3.63) is 52.1 Å². The van der Waals surface area contributed by atoms with E-state index in [1.54, 1.807) is 13.8 Å². The van der Waals surface area contributed by atoms with Crippen LogP contribution in [0.25, 0.3) is 16.5 Å². The fraction of sp³-hybridized carbons (Fsp3) is 0.154. The van der Waals surface area contributed by atoms with E-state index in [1.165, 1.54) is 18.2 Å². The summed E-state index contributed by atoms with van der Waals surface area (Å²) in [6.45, 7) is 7.22. The van der Waals surface area contributed by atoms with Gasteiger partial charge in [-0.15, -0.1) is 0 Å². The molecule has 82 valence electrons. The number of hydrogen-bond donors (Lipinski definition) is 0. The zero-order chi connectivity index (χ0) is 11.9. The van der Waals surface area contributed by atoms with Crippen molar-refractivity contribution in [1.82, 2.24) is 0 Å². The Hall–Kier alpha value is -1.90. The summed E-state index contributed by atoms with van der Waals surface area (Å²) in [6.07, 6.45) is 0. The molecule has 0 saturated heterocycles. The van der Waals surface area contributed by atoms with Gasteiger partial charge in [-0.2, -0.15) is 0 Å². The van der Waals surface area contributed by atoms with Gasteiger partial charge in [0.05, 0.1) is 5.56 Å². The molecule has 0 amide bonds. The maximum absolute atomic E-state index is 13.1. The van der Waals surface area contributed by atoms with Gasteiger partial charge in [-0.1, -0.05) is 6.58 Å². The minimum Gasteiger partial charge on any atom is -0.422 e. The zero-order valence-electron chi connectivity index (χ0n) is 9.13. The number of halogens is 1. The quantitative estimate of drug-likeness (QED) is 0.687. The summed E-state index contributed by atoms with van der Waals surface area (Å²) < 4.78 is 18.2. The number of allylic oxidation sites excluding steroid dienone is 1. The molecule has 2 rings (SSSR count). The Kier molecular flexibility index (Phi) is 2.38. The fourth-order valence-electron chi connectivity index (χ4n) is 1.82. The van der Waals surface area contributed by atoms with Crippen molar-refractivity contribution in [3.8, 4) is 0 Å². The average Bonchev–Trinajstić information content (AvgIpc) is 2.19. The third-order valence-electron chi connectivity index (χ3n) is 2.55. The predicted molar refractivity (Wildman–Crippen MR) is 61.9 cm³/mol. The van der Waals surface area contributed by atoms with Crippen molar-refractivity contribution in [2.75, 3.05) is 0 Å². The Morgan fingerprint density at radius 1 is 1.44 bits per heavy atom. The first-order valence-electron chi connectivity index (χ1n) is 4.89. The molecule has 0 atom stereocenters. The van der Waals surface area contributed by atoms with Gasteiger partial charge in [-0.05, 0) is 43.2 Å². The highest BCUT2D eigenvalue weighted by Gasteiger charge is 2.11. The second-order valence-electron chi connectivity index (χ2n) is 3.81. The molecule has 0 fully saturated rings. The van der Waals surface area contributed by atoms with E-state index in [0.29, 0.717) is 27.7 Å². The molecular formula is C13H11FO2. The first-order valence-corrected chi connectivity index (χ1v) is 4.89. The van der Waals surface area contributed by atoms with E-state index in [1.807, 2.05) is 0 Å². The number of hydrogen-bond acceptors (Lipinski definition) is 2.